The van der Waals surface area contributed by atoms with Crippen molar-refractivity contribution in [2.75, 3.05) is 0 Å². The van der Waals surface area contributed by atoms with E-state index in [0.717, 1.165) is 0 Å². The van der Waals surface area contributed by atoms with Crippen LogP contribution in [0.15, 0.2) is 0 Å². The van der Waals surface area contributed by atoms with Gasteiger partial charge in [-0.05, 0) is 6.92 Å². The minimum atomic E-state index is -0.486. The first-order valence-electron chi connectivity index (χ1n) is 3.72. The zero-order valence-corrected chi connectivity index (χ0v) is 6.60. The molecule has 0 spiro atoms. The van der Waals surface area contributed by atoms with Gasteiger partial charge in [-0.1, -0.05) is 0 Å². The lowest BCUT2D eigenvalue weighted by Crippen LogP contribution is -2.68. The van der Waals surface area contributed by atoms with Gasteiger partial charge in [-0.3, -0.25) is 0 Å². The van der Waals surface area contributed by atoms with E-state index in [-0.39, 0.29) is 24.2 Å². The molecule has 0 aromatic heterocycles. The van der Waals surface area contributed by atoms with Crippen LogP contribution in [0.3, 0.4) is 0 Å². The summed E-state index contributed by atoms with van der Waals surface area (Å²) in [5.74, 6) is 0. The first kappa shape index (κ1) is 8.89. The average Bonchev–Trinajstić information content (AvgIpc) is 1.97. The fraction of sp³-hybridized carbons (Fsp3) is 1.00. The molecule has 1 fully saturated rings. The summed E-state index contributed by atoms with van der Waals surface area (Å²) < 4.78 is 5.23. The molecule has 5 atom stereocenters. The minimum absolute atomic E-state index is 0.111. The zero-order chi connectivity index (χ0) is 8.59. The van der Waals surface area contributed by atoms with Crippen LogP contribution in [0.4, 0.5) is 0 Å². The average molecular weight is 160 g/mol. The quantitative estimate of drug-likeness (QED) is 0.317. The fourth-order valence-corrected chi connectivity index (χ4v) is 1.22. The maximum atomic E-state index is 5.69. The van der Waals surface area contributed by atoms with Gasteiger partial charge in [0.05, 0.1) is 12.1 Å². The van der Waals surface area contributed by atoms with Crippen LogP contribution in [-0.4, -0.2) is 30.5 Å². The second-order valence-electron chi connectivity index (χ2n) is 3.04. The molecule has 1 aliphatic heterocycles. The monoisotopic (exact) mass is 160 g/mol. The molecule has 0 radical (unpaired) electrons. The van der Waals surface area contributed by atoms with Crippen molar-refractivity contribution < 1.29 is 4.74 Å². The molecule has 0 bridgehead atoms. The standard InChI is InChI=1S/C6H16N4O/c1-2-3(7)4(8)5(9)6(10)11-2/h2-6H,7-10H2,1H3. The van der Waals surface area contributed by atoms with Gasteiger partial charge in [0.2, 0.25) is 0 Å². The lowest BCUT2D eigenvalue weighted by atomic mass is 9.94. The van der Waals surface area contributed by atoms with Gasteiger partial charge in [0.15, 0.2) is 0 Å². The van der Waals surface area contributed by atoms with Crippen LogP contribution in [0.25, 0.3) is 0 Å². The Morgan fingerprint density at radius 2 is 1.45 bits per heavy atom. The van der Waals surface area contributed by atoms with Gasteiger partial charge in [-0.25, -0.2) is 0 Å². The van der Waals surface area contributed by atoms with Gasteiger partial charge in [-0.15, -0.1) is 0 Å². The first-order chi connectivity index (χ1) is 5.04. The van der Waals surface area contributed by atoms with Gasteiger partial charge in [-0.2, -0.15) is 0 Å². The Kier molecular flexibility index (Phi) is 2.46. The highest BCUT2D eigenvalue weighted by atomic mass is 16.5. The number of ether oxygens (including phenoxy) is 1. The van der Waals surface area contributed by atoms with Crippen LogP contribution >= 0.6 is 0 Å². The summed E-state index contributed by atoms with van der Waals surface area (Å²) in [6.07, 6.45) is -0.598. The third kappa shape index (κ3) is 1.52. The van der Waals surface area contributed by atoms with Gasteiger partial charge in [0.25, 0.3) is 0 Å². The molecular weight excluding hydrogens is 144 g/mol. The molecule has 66 valence electrons. The number of nitrogens with two attached hydrogens (primary N) is 4. The summed E-state index contributed by atoms with van der Waals surface area (Å²) in [6.45, 7) is 1.84. The smallest absolute Gasteiger partial charge is 0.122 e. The Bertz CT molecular complexity index is 129. The van der Waals surface area contributed by atoms with Crippen LogP contribution in [0, 0.1) is 0 Å². The highest BCUT2D eigenvalue weighted by molar-refractivity contribution is 4.96. The minimum Gasteiger partial charge on any atom is -0.357 e. The molecule has 0 saturated carbocycles. The third-order valence-corrected chi connectivity index (χ3v) is 2.18. The highest BCUT2D eigenvalue weighted by Crippen LogP contribution is 2.13. The summed E-state index contributed by atoms with van der Waals surface area (Å²) in [7, 11) is 0. The summed E-state index contributed by atoms with van der Waals surface area (Å²) >= 11 is 0. The molecule has 8 N–H and O–H groups in total. The van der Waals surface area contributed by atoms with Crippen molar-refractivity contribution in [3.05, 3.63) is 0 Å². The maximum Gasteiger partial charge on any atom is 0.122 e. The van der Waals surface area contributed by atoms with E-state index in [0.29, 0.717) is 0 Å². The molecule has 1 rings (SSSR count). The Balaban J connectivity index is 2.63. The molecule has 5 heteroatoms. The molecule has 0 aromatic carbocycles. The number of hydrogen-bond acceptors (Lipinski definition) is 5. The second-order valence-corrected chi connectivity index (χ2v) is 3.04. The van der Waals surface area contributed by atoms with Gasteiger partial charge >= 0.3 is 0 Å². The molecule has 1 saturated heterocycles. The lowest BCUT2D eigenvalue weighted by molar-refractivity contribution is -0.0669. The summed E-state index contributed by atoms with van der Waals surface area (Å²) in [5, 5.41) is 0. The Labute approximate surface area is 66.0 Å². The van der Waals surface area contributed by atoms with Crippen molar-refractivity contribution in [1.29, 1.82) is 0 Å². The zero-order valence-electron chi connectivity index (χ0n) is 6.60. The van der Waals surface area contributed by atoms with E-state index in [4.69, 9.17) is 27.7 Å². The van der Waals surface area contributed by atoms with Crippen molar-refractivity contribution in [3.8, 4) is 0 Å². The molecule has 1 aliphatic rings. The van der Waals surface area contributed by atoms with E-state index >= 15 is 0 Å². The van der Waals surface area contributed by atoms with Gasteiger partial charge < -0.3 is 27.7 Å². The molecule has 11 heavy (non-hydrogen) atoms. The Morgan fingerprint density at radius 3 is 2.00 bits per heavy atom. The van der Waals surface area contributed by atoms with Crippen molar-refractivity contribution >= 4 is 0 Å². The predicted octanol–water partition coefficient (Wildman–Crippen LogP) is -2.33. The molecular formula is C6H16N4O. The largest absolute Gasteiger partial charge is 0.357 e. The van der Waals surface area contributed by atoms with Crippen molar-refractivity contribution in [2.45, 2.75) is 37.4 Å². The molecule has 1 heterocycles. The second kappa shape index (κ2) is 3.04. The highest BCUT2D eigenvalue weighted by Gasteiger charge is 2.36. The Morgan fingerprint density at radius 1 is 0.909 bits per heavy atom. The lowest BCUT2D eigenvalue weighted by Gasteiger charge is -2.39. The maximum absolute atomic E-state index is 5.69. The third-order valence-electron chi connectivity index (χ3n) is 2.18. The number of hydrogen-bond donors (Lipinski definition) is 4. The normalized spacial score (nSPS) is 52.6. The van der Waals surface area contributed by atoms with Gasteiger partial charge in [0, 0.05) is 12.1 Å². The molecule has 5 unspecified atom stereocenters. The van der Waals surface area contributed by atoms with Crippen molar-refractivity contribution in [3.63, 3.8) is 0 Å². The van der Waals surface area contributed by atoms with Gasteiger partial charge in [0.1, 0.15) is 6.23 Å². The summed E-state index contributed by atoms with van der Waals surface area (Å²) in [6, 6.07) is -0.847. The SMILES string of the molecule is CC1OC(N)C(N)C(N)C1N. The van der Waals surface area contributed by atoms with E-state index in [2.05, 4.69) is 0 Å². The topological polar surface area (TPSA) is 113 Å². The summed E-state index contributed by atoms with van der Waals surface area (Å²) in [4.78, 5) is 0. The van der Waals surface area contributed by atoms with Crippen molar-refractivity contribution in [1.82, 2.24) is 0 Å². The van der Waals surface area contributed by atoms with Crippen LogP contribution < -0.4 is 22.9 Å². The van der Waals surface area contributed by atoms with Crippen LogP contribution in [0.2, 0.25) is 0 Å². The van der Waals surface area contributed by atoms with Crippen LogP contribution in [0.1, 0.15) is 6.92 Å². The molecule has 0 aliphatic carbocycles. The molecule has 5 nitrogen and oxygen atoms in total. The van der Waals surface area contributed by atoms with Crippen LogP contribution in [0.5, 0.6) is 0 Å². The predicted molar refractivity (Wildman–Crippen MR) is 42.4 cm³/mol. The van der Waals surface area contributed by atoms with E-state index < -0.39 is 6.23 Å². The van der Waals surface area contributed by atoms with E-state index in [1.165, 1.54) is 0 Å². The fourth-order valence-electron chi connectivity index (χ4n) is 1.22. The first-order valence-corrected chi connectivity index (χ1v) is 3.72. The van der Waals surface area contributed by atoms with E-state index in [1.54, 1.807) is 0 Å². The van der Waals surface area contributed by atoms with E-state index in [1.807, 2.05) is 6.92 Å². The number of rotatable bonds is 0. The van der Waals surface area contributed by atoms with Crippen LogP contribution in [-0.2, 0) is 4.74 Å². The molecule has 0 aromatic rings. The van der Waals surface area contributed by atoms with E-state index in [9.17, 15) is 0 Å². The summed E-state index contributed by atoms with van der Waals surface area (Å²) in [5.41, 5.74) is 22.5. The molecule has 0 amide bonds. The Hall–Kier alpha value is -0.200. The van der Waals surface area contributed by atoms with Crippen molar-refractivity contribution in [2.24, 2.45) is 22.9 Å².